The molecule has 4 rings (SSSR count). The number of benzene rings is 3. The third-order valence-corrected chi connectivity index (χ3v) is 5.26. The Morgan fingerprint density at radius 1 is 1.00 bits per heavy atom. The molecule has 0 aliphatic carbocycles. The Hall–Kier alpha value is -3.46. The van der Waals surface area contributed by atoms with Crippen LogP contribution in [0.4, 0.5) is 27.6 Å². The van der Waals surface area contributed by atoms with E-state index in [9.17, 15) is 31.5 Å². The maximum atomic E-state index is 13.8. The van der Waals surface area contributed by atoms with Crippen LogP contribution in [0.5, 0.6) is 0 Å². The smallest absolute Gasteiger partial charge is 0.341 e. The molecule has 0 saturated heterocycles. The zero-order valence-corrected chi connectivity index (χ0v) is 16.6. The first-order chi connectivity index (χ1) is 15.0. The van der Waals surface area contributed by atoms with Crippen LogP contribution in [0.25, 0.3) is 0 Å². The summed E-state index contributed by atoms with van der Waals surface area (Å²) in [6.07, 6.45) is -4.81. The summed E-state index contributed by atoms with van der Waals surface area (Å²) < 4.78 is 66.4. The summed E-state index contributed by atoms with van der Waals surface area (Å²) in [4.78, 5) is 25.3. The molecule has 3 aromatic rings. The van der Waals surface area contributed by atoms with Crippen molar-refractivity contribution in [1.29, 1.82) is 0 Å². The predicted octanol–water partition coefficient (Wildman–Crippen LogP) is 5.72. The van der Waals surface area contributed by atoms with E-state index in [0.717, 1.165) is 18.2 Å². The first kappa shape index (κ1) is 21.8. The number of alkyl halides is 3. The molecule has 0 aromatic heterocycles. The molecule has 1 aliphatic heterocycles. The van der Waals surface area contributed by atoms with Gasteiger partial charge in [-0.15, -0.1) is 0 Å². The summed E-state index contributed by atoms with van der Waals surface area (Å²) in [5, 5.41) is 4.99. The van der Waals surface area contributed by atoms with E-state index < -0.39 is 46.9 Å². The summed E-state index contributed by atoms with van der Waals surface area (Å²) in [7, 11) is 0. The van der Waals surface area contributed by atoms with Gasteiger partial charge in [0.05, 0.1) is 11.6 Å². The third kappa shape index (κ3) is 4.03. The molecule has 164 valence electrons. The average Bonchev–Trinajstić information content (AvgIpc) is 3.05. The number of rotatable bonds is 3. The predicted molar refractivity (Wildman–Crippen MR) is 107 cm³/mol. The first-order valence-corrected chi connectivity index (χ1v) is 9.50. The van der Waals surface area contributed by atoms with Crippen LogP contribution in [0.15, 0.2) is 54.6 Å². The van der Waals surface area contributed by atoms with Gasteiger partial charge in [-0.05, 0) is 48.5 Å². The molecule has 0 radical (unpaired) electrons. The lowest BCUT2D eigenvalue weighted by Gasteiger charge is -2.17. The molecule has 0 spiro atoms. The van der Waals surface area contributed by atoms with Gasteiger partial charge >= 0.3 is 6.18 Å². The Kier molecular flexibility index (Phi) is 5.37. The number of amides is 2. The number of carbonyl (C=O) groups is 2. The summed E-state index contributed by atoms with van der Waals surface area (Å²) in [5.74, 6) is -3.22. The molecule has 0 saturated carbocycles. The van der Waals surface area contributed by atoms with E-state index in [2.05, 4.69) is 10.6 Å². The summed E-state index contributed by atoms with van der Waals surface area (Å²) in [6, 6.07) is 8.40. The van der Waals surface area contributed by atoms with Gasteiger partial charge in [0, 0.05) is 33.0 Å². The van der Waals surface area contributed by atoms with Crippen molar-refractivity contribution in [2.75, 3.05) is 5.32 Å². The highest BCUT2D eigenvalue weighted by molar-refractivity contribution is 6.31. The van der Waals surface area contributed by atoms with E-state index >= 15 is 0 Å². The zero-order chi connectivity index (χ0) is 23.2. The number of anilines is 1. The van der Waals surface area contributed by atoms with Gasteiger partial charge in [-0.25, -0.2) is 8.78 Å². The maximum absolute atomic E-state index is 13.8. The van der Waals surface area contributed by atoms with Crippen LogP contribution < -0.4 is 10.6 Å². The molecule has 4 nitrogen and oxygen atoms in total. The summed E-state index contributed by atoms with van der Waals surface area (Å²) in [5.41, 5.74) is -1.26. The van der Waals surface area contributed by atoms with Crippen LogP contribution in [-0.2, 0) is 6.18 Å². The van der Waals surface area contributed by atoms with Gasteiger partial charge < -0.3 is 10.6 Å². The Morgan fingerprint density at radius 2 is 1.75 bits per heavy atom. The minimum Gasteiger partial charge on any atom is -0.341 e. The quantitative estimate of drug-likeness (QED) is 0.485. The van der Waals surface area contributed by atoms with Gasteiger partial charge in [-0.1, -0.05) is 17.7 Å². The number of hydrogen-bond acceptors (Lipinski definition) is 2. The SMILES string of the molecule is O=C(Nc1cc(F)cc(C(F)(F)F)c1)c1cccc2c1C(c1cc(F)ccc1Cl)NC2=O. The number of fused-ring (bicyclic) bond motifs is 1. The van der Waals surface area contributed by atoms with Crippen LogP contribution in [0.1, 0.15) is 43.4 Å². The van der Waals surface area contributed by atoms with Gasteiger partial charge in [0.2, 0.25) is 0 Å². The number of nitrogens with one attached hydrogen (secondary N) is 2. The Morgan fingerprint density at radius 3 is 2.47 bits per heavy atom. The van der Waals surface area contributed by atoms with E-state index in [0.29, 0.717) is 12.1 Å². The van der Waals surface area contributed by atoms with E-state index in [1.807, 2.05) is 0 Å². The molecule has 0 fully saturated rings. The van der Waals surface area contributed by atoms with Gasteiger partial charge in [0.1, 0.15) is 11.6 Å². The van der Waals surface area contributed by atoms with Crippen molar-refractivity contribution in [3.8, 4) is 0 Å². The lowest BCUT2D eigenvalue weighted by atomic mass is 9.93. The molecular formula is C22H12ClF5N2O2. The van der Waals surface area contributed by atoms with Crippen LogP contribution in [-0.4, -0.2) is 11.8 Å². The van der Waals surface area contributed by atoms with Crippen molar-refractivity contribution in [3.05, 3.63) is 99.1 Å². The lowest BCUT2D eigenvalue weighted by molar-refractivity contribution is -0.137. The molecule has 0 bridgehead atoms. The molecule has 32 heavy (non-hydrogen) atoms. The van der Waals surface area contributed by atoms with Gasteiger partial charge in [-0.3, -0.25) is 9.59 Å². The largest absolute Gasteiger partial charge is 0.416 e. The molecule has 1 heterocycles. The second-order valence-corrected chi connectivity index (χ2v) is 7.43. The minimum atomic E-state index is -4.81. The van der Waals surface area contributed by atoms with Crippen molar-refractivity contribution in [2.45, 2.75) is 12.2 Å². The van der Waals surface area contributed by atoms with Gasteiger partial charge in [-0.2, -0.15) is 13.2 Å². The normalized spacial score (nSPS) is 15.3. The highest BCUT2D eigenvalue weighted by Gasteiger charge is 2.35. The van der Waals surface area contributed by atoms with Crippen molar-refractivity contribution in [1.82, 2.24) is 5.32 Å². The summed E-state index contributed by atoms with van der Waals surface area (Å²) >= 11 is 6.16. The molecule has 2 amide bonds. The molecule has 1 unspecified atom stereocenters. The van der Waals surface area contributed by atoms with E-state index in [1.54, 1.807) is 0 Å². The van der Waals surface area contributed by atoms with Gasteiger partial charge in [0.15, 0.2) is 0 Å². The van der Waals surface area contributed by atoms with Crippen LogP contribution >= 0.6 is 11.6 Å². The highest BCUT2D eigenvalue weighted by atomic mass is 35.5. The molecule has 1 aliphatic rings. The molecular weight excluding hydrogens is 455 g/mol. The Bertz CT molecular complexity index is 1260. The topological polar surface area (TPSA) is 58.2 Å². The zero-order valence-electron chi connectivity index (χ0n) is 15.9. The average molecular weight is 467 g/mol. The van der Waals surface area contributed by atoms with E-state index in [1.165, 1.54) is 24.3 Å². The third-order valence-electron chi connectivity index (χ3n) is 4.91. The van der Waals surface area contributed by atoms with Crippen molar-refractivity contribution < 1.29 is 31.5 Å². The first-order valence-electron chi connectivity index (χ1n) is 9.12. The van der Waals surface area contributed by atoms with Crippen molar-refractivity contribution in [2.24, 2.45) is 0 Å². The van der Waals surface area contributed by atoms with Crippen LogP contribution in [0, 0.1) is 11.6 Å². The van der Waals surface area contributed by atoms with Crippen molar-refractivity contribution in [3.63, 3.8) is 0 Å². The Labute approximate surface area is 183 Å². The molecule has 3 aromatic carbocycles. The fourth-order valence-electron chi connectivity index (χ4n) is 3.55. The standard InChI is InChI=1S/C22H12ClF5N2O2/c23-17-5-4-11(24)9-16(17)19-18-14(2-1-3-15(18)21(32)30-19)20(31)29-13-7-10(22(26,27)28)6-12(25)8-13/h1-9,19H,(H,29,31)(H,30,32). The minimum absolute atomic E-state index is 0.0657. The van der Waals surface area contributed by atoms with Gasteiger partial charge in [0.25, 0.3) is 11.8 Å². The molecule has 2 N–H and O–H groups in total. The monoisotopic (exact) mass is 466 g/mol. The second-order valence-electron chi connectivity index (χ2n) is 7.02. The lowest BCUT2D eigenvalue weighted by Crippen LogP contribution is -2.22. The number of halogens is 6. The highest BCUT2D eigenvalue weighted by Crippen LogP contribution is 2.37. The second kappa shape index (κ2) is 7.90. The maximum Gasteiger partial charge on any atom is 0.416 e. The van der Waals surface area contributed by atoms with E-state index in [4.69, 9.17) is 11.6 Å². The fraction of sp³-hybridized carbons (Fsp3) is 0.0909. The molecule has 10 heteroatoms. The van der Waals surface area contributed by atoms with Crippen molar-refractivity contribution >= 4 is 29.1 Å². The van der Waals surface area contributed by atoms with E-state index in [-0.39, 0.29) is 27.3 Å². The Balaban J connectivity index is 1.76. The molecule has 1 atom stereocenters. The number of hydrogen-bond donors (Lipinski definition) is 2. The number of carbonyl (C=O) groups excluding carboxylic acids is 2. The fourth-order valence-corrected chi connectivity index (χ4v) is 3.77. The van der Waals surface area contributed by atoms with Crippen LogP contribution in [0.3, 0.4) is 0 Å². The van der Waals surface area contributed by atoms with Crippen LogP contribution in [0.2, 0.25) is 5.02 Å². The summed E-state index contributed by atoms with van der Waals surface area (Å²) in [6.45, 7) is 0.